The Hall–Kier alpha value is -0.870. The largest absolute Gasteiger partial charge is 0.334 e. The van der Waals surface area contributed by atoms with E-state index >= 15 is 0 Å². The third-order valence-corrected chi connectivity index (χ3v) is 5.05. The molecule has 2 fully saturated rings. The van der Waals surface area contributed by atoms with E-state index in [9.17, 15) is 0 Å². The monoisotopic (exact) mass is 248 g/mol. The van der Waals surface area contributed by atoms with Gasteiger partial charge in [-0.1, -0.05) is 0 Å². The molecule has 2 atom stereocenters. The predicted octanol–water partition coefficient (Wildman–Crippen LogP) is 1.12. The lowest BCUT2D eigenvalue weighted by Gasteiger charge is -2.35. The quantitative estimate of drug-likeness (QED) is 0.870. The van der Waals surface area contributed by atoms with Gasteiger partial charge in [0.05, 0.1) is 0 Å². The average molecular weight is 248 g/mol. The summed E-state index contributed by atoms with van der Waals surface area (Å²) in [6, 6.07) is 0. The summed E-state index contributed by atoms with van der Waals surface area (Å²) < 4.78 is 2.25. The van der Waals surface area contributed by atoms with Crippen molar-refractivity contribution in [3.05, 3.63) is 18.2 Å². The Morgan fingerprint density at radius 3 is 2.89 bits per heavy atom. The van der Waals surface area contributed by atoms with Crippen LogP contribution in [0.4, 0.5) is 0 Å². The van der Waals surface area contributed by atoms with Crippen LogP contribution < -0.4 is 5.32 Å². The van der Waals surface area contributed by atoms with E-state index < -0.39 is 0 Å². The van der Waals surface area contributed by atoms with Gasteiger partial charge in [-0.3, -0.25) is 4.90 Å². The lowest BCUT2D eigenvalue weighted by Crippen LogP contribution is -2.45. The van der Waals surface area contributed by atoms with Gasteiger partial charge in [0.25, 0.3) is 0 Å². The number of likely N-dealkylation sites (tertiary alicyclic amines) is 1. The summed E-state index contributed by atoms with van der Waals surface area (Å²) in [5.74, 6) is 2.79. The summed E-state index contributed by atoms with van der Waals surface area (Å²) >= 11 is 0. The number of hydrogen-bond donors (Lipinski definition) is 1. The molecule has 3 rings (SSSR count). The number of rotatable bonds is 3. The zero-order valence-electron chi connectivity index (χ0n) is 11.7. The van der Waals surface area contributed by atoms with E-state index in [1.165, 1.54) is 19.6 Å². The molecule has 2 aliphatic rings. The van der Waals surface area contributed by atoms with Crippen molar-refractivity contribution in [3.63, 3.8) is 0 Å². The van der Waals surface area contributed by atoms with Crippen molar-refractivity contribution >= 4 is 0 Å². The Morgan fingerprint density at radius 1 is 1.39 bits per heavy atom. The lowest BCUT2D eigenvalue weighted by atomic mass is 9.85. The lowest BCUT2D eigenvalue weighted by molar-refractivity contribution is 0.134. The van der Waals surface area contributed by atoms with E-state index in [2.05, 4.69) is 46.7 Å². The molecule has 0 saturated carbocycles. The van der Waals surface area contributed by atoms with Crippen LogP contribution in [0.2, 0.25) is 0 Å². The maximum Gasteiger partial charge on any atom is 0.105 e. The van der Waals surface area contributed by atoms with Crippen LogP contribution in [-0.4, -0.2) is 46.2 Å². The molecule has 0 aromatic carbocycles. The summed E-state index contributed by atoms with van der Waals surface area (Å²) in [6.07, 6.45) is 3.98. The summed E-state index contributed by atoms with van der Waals surface area (Å²) in [6.45, 7) is 12.7. The maximum absolute atomic E-state index is 4.29. The SMILES string of the molecule is Cc1nccn1CCN1CC2CNCC2C1(C)C. The van der Waals surface area contributed by atoms with Gasteiger partial charge in [0.15, 0.2) is 0 Å². The minimum Gasteiger partial charge on any atom is -0.334 e. The van der Waals surface area contributed by atoms with Crippen molar-refractivity contribution in [2.24, 2.45) is 11.8 Å². The van der Waals surface area contributed by atoms with Crippen molar-refractivity contribution in [1.29, 1.82) is 0 Å². The highest BCUT2D eigenvalue weighted by molar-refractivity contribution is 5.04. The Labute approximate surface area is 109 Å². The van der Waals surface area contributed by atoms with Crippen LogP contribution in [0.5, 0.6) is 0 Å². The van der Waals surface area contributed by atoms with E-state index in [4.69, 9.17) is 0 Å². The fourth-order valence-corrected chi connectivity index (χ4v) is 3.75. The zero-order chi connectivity index (χ0) is 12.8. The van der Waals surface area contributed by atoms with Crippen LogP contribution in [-0.2, 0) is 6.54 Å². The minimum atomic E-state index is 0.336. The molecule has 100 valence electrons. The zero-order valence-corrected chi connectivity index (χ0v) is 11.7. The number of aromatic nitrogens is 2. The molecule has 3 heterocycles. The third-order valence-electron chi connectivity index (χ3n) is 5.05. The van der Waals surface area contributed by atoms with E-state index in [0.29, 0.717) is 5.54 Å². The highest BCUT2D eigenvalue weighted by Crippen LogP contribution is 2.40. The maximum atomic E-state index is 4.29. The van der Waals surface area contributed by atoms with Gasteiger partial charge in [-0.25, -0.2) is 4.98 Å². The minimum absolute atomic E-state index is 0.336. The van der Waals surface area contributed by atoms with Gasteiger partial charge in [0, 0.05) is 44.1 Å². The first-order valence-electron chi connectivity index (χ1n) is 7.02. The number of hydrogen-bond acceptors (Lipinski definition) is 3. The molecule has 0 aliphatic carbocycles. The molecule has 0 spiro atoms. The molecule has 0 amide bonds. The highest BCUT2D eigenvalue weighted by atomic mass is 15.3. The normalized spacial score (nSPS) is 30.8. The molecule has 1 N–H and O–H groups in total. The molecule has 2 aliphatic heterocycles. The molecule has 4 nitrogen and oxygen atoms in total. The van der Waals surface area contributed by atoms with Crippen LogP contribution >= 0.6 is 0 Å². The van der Waals surface area contributed by atoms with Gasteiger partial charge in [0.2, 0.25) is 0 Å². The second kappa shape index (κ2) is 4.35. The molecular weight excluding hydrogens is 224 g/mol. The number of nitrogens with zero attached hydrogens (tertiary/aromatic N) is 3. The first kappa shape index (κ1) is 12.2. The Morgan fingerprint density at radius 2 is 2.22 bits per heavy atom. The summed E-state index contributed by atoms with van der Waals surface area (Å²) in [5.41, 5.74) is 0.336. The van der Waals surface area contributed by atoms with Gasteiger partial charge in [-0.15, -0.1) is 0 Å². The van der Waals surface area contributed by atoms with Crippen molar-refractivity contribution in [3.8, 4) is 0 Å². The van der Waals surface area contributed by atoms with Gasteiger partial charge in [-0.05, 0) is 39.2 Å². The smallest absolute Gasteiger partial charge is 0.105 e. The molecule has 2 saturated heterocycles. The van der Waals surface area contributed by atoms with Crippen molar-refractivity contribution in [1.82, 2.24) is 19.8 Å². The predicted molar refractivity (Wildman–Crippen MR) is 72.5 cm³/mol. The second-order valence-electron chi connectivity index (χ2n) is 6.29. The van der Waals surface area contributed by atoms with Gasteiger partial charge >= 0.3 is 0 Å². The van der Waals surface area contributed by atoms with Gasteiger partial charge in [-0.2, -0.15) is 0 Å². The van der Waals surface area contributed by atoms with E-state index in [1.807, 2.05) is 6.20 Å². The first-order chi connectivity index (χ1) is 8.59. The second-order valence-corrected chi connectivity index (χ2v) is 6.29. The Bertz CT molecular complexity index is 423. The highest BCUT2D eigenvalue weighted by Gasteiger charge is 2.48. The molecular formula is C14H24N4. The van der Waals surface area contributed by atoms with Crippen LogP contribution in [0.15, 0.2) is 12.4 Å². The molecule has 18 heavy (non-hydrogen) atoms. The summed E-state index contributed by atoms with van der Waals surface area (Å²) in [7, 11) is 0. The average Bonchev–Trinajstić information content (AvgIpc) is 2.97. The Balaban J connectivity index is 1.65. The van der Waals surface area contributed by atoms with Crippen molar-refractivity contribution in [2.75, 3.05) is 26.2 Å². The van der Waals surface area contributed by atoms with E-state index in [0.717, 1.165) is 30.7 Å². The van der Waals surface area contributed by atoms with E-state index in [-0.39, 0.29) is 0 Å². The molecule has 0 radical (unpaired) electrons. The molecule has 0 bridgehead atoms. The number of aryl methyl sites for hydroxylation is 1. The molecule has 1 aromatic rings. The fraction of sp³-hybridized carbons (Fsp3) is 0.786. The summed E-state index contributed by atoms with van der Waals surface area (Å²) in [4.78, 5) is 6.96. The van der Waals surface area contributed by atoms with Gasteiger partial charge in [0.1, 0.15) is 5.82 Å². The summed E-state index contributed by atoms with van der Waals surface area (Å²) in [5, 5.41) is 3.54. The van der Waals surface area contributed by atoms with Gasteiger partial charge < -0.3 is 9.88 Å². The number of imidazole rings is 1. The van der Waals surface area contributed by atoms with Crippen molar-refractivity contribution in [2.45, 2.75) is 32.9 Å². The number of nitrogens with one attached hydrogen (secondary N) is 1. The molecule has 2 unspecified atom stereocenters. The Kier molecular flexibility index (Phi) is 2.94. The molecule has 1 aromatic heterocycles. The topological polar surface area (TPSA) is 33.1 Å². The standard InChI is InChI=1S/C14H24N4/c1-11-16-4-5-17(11)6-7-18-10-12-8-15-9-13(12)14(18,2)3/h4-5,12-13,15H,6-10H2,1-3H3. The van der Waals surface area contributed by atoms with Crippen LogP contribution in [0.1, 0.15) is 19.7 Å². The van der Waals surface area contributed by atoms with E-state index in [1.54, 1.807) is 0 Å². The fourth-order valence-electron chi connectivity index (χ4n) is 3.75. The first-order valence-corrected chi connectivity index (χ1v) is 7.02. The van der Waals surface area contributed by atoms with Crippen molar-refractivity contribution < 1.29 is 0 Å². The van der Waals surface area contributed by atoms with Crippen LogP contribution in [0.3, 0.4) is 0 Å². The number of fused-ring (bicyclic) bond motifs is 1. The van der Waals surface area contributed by atoms with Crippen LogP contribution in [0.25, 0.3) is 0 Å². The third kappa shape index (κ3) is 1.88. The van der Waals surface area contributed by atoms with Crippen LogP contribution in [0, 0.1) is 18.8 Å². The molecule has 4 heteroatoms.